The molecule has 4 rings (SSSR count). The lowest BCUT2D eigenvalue weighted by molar-refractivity contribution is 0.0928. The van der Waals surface area contributed by atoms with Gasteiger partial charge in [0.25, 0.3) is 5.91 Å². The summed E-state index contributed by atoms with van der Waals surface area (Å²) in [4.78, 5) is 14.4. The monoisotopic (exact) mass is 336 g/mol. The SMILES string of the molecule is CN1c2ccccc2C(=O)NC1c1cnn(Cc2ccc(F)cc2)c1. The fourth-order valence-corrected chi connectivity index (χ4v) is 3.10. The van der Waals surface area contributed by atoms with Crippen molar-refractivity contribution in [3.05, 3.63) is 83.4 Å². The summed E-state index contributed by atoms with van der Waals surface area (Å²) in [5.41, 5.74) is 3.41. The second-order valence-electron chi connectivity index (χ2n) is 6.10. The second-order valence-corrected chi connectivity index (χ2v) is 6.10. The Labute approximate surface area is 144 Å². The van der Waals surface area contributed by atoms with Crippen LogP contribution in [0.15, 0.2) is 60.9 Å². The normalized spacial score (nSPS) is 16.5. The third-order valence-electron chi connectivity index (χ3n) is 4.41. The zero-order valence-corrected chi connectivity index (χ0v) is 13.7. The van der Waals surface area contributed by atoms with Crippen LogP contribution in [0.25, 0.3) is 0 Å². The molecule has 126 valence electrons. The summed E-state index contributed by atoms with van der Waals surface area (Å²) in [6, 6.07) is 13.9. The first-order chi connectivity index (χ1) is 12.1. The topological polar surface area (TPSA) is 50.2 Å². The number of nitrogens with zero attached hydrogens (tertiary/aromatic N) is 3. The predicted molar refractivity (Wildman–Crippen MR) is 92.8 cm³/mol. The molecule has 0 radical (unpaired) electrons. The molecular weight excluding hydrogens is 319 g/mol. The Balaban J connectivity index is 1.58. The summed E-state index contributed by atoms with van der Waals surface area (Å²) < 4.78 is 14.8. The highest BCUT2D eigenvalue weighted by molar-refractivity contribution is 6.01. The van der Waals surface area contributed by atoms with Gasteiger partial charge in [-0.25, -0.2) is 4.39 Å². The van der Waals surface area contributed by atoms with Gasteiger partial charge < -0.3 is 10.2 Å². The summed E-state index contributed by atoms with van der Waals surface area (Å²) in [5.74, 6) is -0.347. The molecule has 25 heavy (non-hydrogen) atoms. The van der Waals surface area contributed by atoms with Gasteiger partial charge in [0, 0.05) is 18.8 Å². The lowest BCUT2D eigenvalue weighted by Crippen LogP contribution is -2.44. The van der Waals surface area contributed by atoms with Gasteiger partial charge in [0.15, 0.2) is 0 Å². The van der Waals surface area contributed by atoms with Gasteiger partial charge in [-0.3, -0.25) is 9.48 Å². The van der Waals surface area contributed by atoms with Gasteiger partial charge in [-0.2, -0.15) is 5.10 Å². The molecule has 1 aromatic heterocycles. The number of aromatic nitrogens is 2. The summed E-state index contributed by atoms with van der Waals surface area (Å²) >= 11 is 0. The lowest BCUT2D eigenvalue weighted by atomic mass is 10.1. The van der Waals surface area contributed by atoms with Crippen LogP contribution in [0.5, 0.6) is 0 Å². The molecule has 1 unspecified atom stereocenters. The molecule has 1 aliphatic rings. The average molecular weight is 336 g/mol. The minimum Gasteiger partial charge on any atom is -0.350 e. The molecule has 0 aliphatic carbocycles. The van der Waals surface area contributed by atoms with Gasteiger partial charge in [-0.1, -0.05) is 24.3 Å². The Morgan fingerprint density at radius 1 is 1.16 bits per heavy atom. The van der Waals surface area contributed by atoms with Crippen LogP contribution in [-0.4, -0.2) is 22.7 Å². The Morgan fingerprint density at radius 3 is 2.72 bits per heavy atom. The number of halogens is 1. The van der Waals surface area contributed by atoms with E-state index in [-0.39, 0.29) is 17.9 Å². The molecule has 1 amide bonds. The lowest BCUT2D eigenvalue weighted by Gasteiger charge is -2.35. The molecule has 1 aliphatic heterocycles. The second kappa shape index (κ2) is 6.05. The van der Waals surface area contributed by atoms with Gasteiger partial charge in [-0.05, 0) is 29.8 Å². The molecule has 0 saturated heterocycles. The van der Waals surface area contributed by atoms with Crippen LogP contribution in [0.4, 0.5) is 10.1 Å². The quantitative estimate of drug-likeness (QED) is 0.800. The highest BCUT2D eigenvalue weighted by Gasteiger charge is 2.29. The first-order valence-electron chi connectivity index (χ1n) is 8.01. The van der Waals surface area contributed by atoms with E-state index in [4.69, 9.17) is 0 Å². The predicted octanol–water partition coefficient (Wildman–Crippen LogP) is 2.95. The van der Waals surface area contributed by atoms with Crippen LogP contribution >= 0.6 is 0 Å². The third kappa shape index (κ3) is 2.87. The van der Waals surface area contributed by atoms with E-state index in [0.717, 1.165) is 16.8 Å². The highest BCUT2D eigenvalue weighted by atomic mass is 19.1. The maximum atomic E-state index is 13.0. The Hall–Kier alpha value is -3.15. The van der Waals surface area contributed by atoms with Gasteiger partial charge >= 0.3 is 0 Å². The molecule has 0 spiro atoms. The van der Waals surface area contributed by atoms with E-state index in [1.54, 1.807) is 23.0 Å². The number of hydrogen-bond acceptors (Lipinski definition) is 3. The summed E-state index contributed by atoms with van der Waals surface area (Å²) in [5, 5.41) is 7.38. The summed E-state index contributed by atoms with van der Waals surface area (Å²) in [6.07, 6.45) is 3.38. The molecule has 5 nitrogen and oxygen atoms in total. The molecule has 0 fully saturated rings. The van der Waals surface area contributed by atoms with Crippen molar-refractivity contribution in [3.63, 3.8) is 0 Å². The van der Waals surface area contributed by atoms with Crippen molar-refractivity contribution in [3.8, 4) is 0 Å². The van der Waals surface area contributed by atoms with Crippen molar-refractivity contribution in [1.82, 2.24) is 15.1 Å². The van der Waals surface area contributed by atoms with E-state index in [1.807, 2.05) is 42.4 Å². The van der Waals surface area contributed by atoms with Gasteiger partial charge in [0.1, 0.15) is 12.0 Å². The van der Waals surface area contributed by atoms with Crippen molar-refractivity contribution in [1.29, 1.82) is 0 Å². The number of nitrogens with one attached hydrogen (secondary N) is 1. The highest BCUT2D eigenvalue weighted by Crippen LogP contribution is 2.31. The average Bonchev–Trinajstić information content (AvgIpc) is 3.08. The Bertz CT molecular complexity index is 919. The summed E-state index contributed by atoms with van der Waals surface area (Å²) in [6.45, 7) is 0.543. The van der Waals surface area contributed by atoms with E-state index < -0.39 is 0 Å². The Morgan fingerprint density at radius 2 is 1.92 bits per heavy atom. The number of fused-ring (bicyclic) bond motifs is 1. The third-order valence-corrected chi connectivity index (χ3v) is 4.41. The van der Waals surface area contributed by atoms with Gasteiger partial charge in [0.05, 0.1) is 24.0 Å². The van der Waals surface area contributed by atoms with Gasteiger partial charge in [0.2, 0.25) is 0 Å². The van der Waals surface area contributed by atoms with Gasteiger partial charge in [-0.15, -0.1) is 0 Å². The minimum atomic E-state index is -0.274. The van der Waals surface area contributed by atoms with Crippen LogP contribution in [0.1, 0.15) is 27.7 Å². The minimum absolute atomic E-state index is 0.0926. The molecule has 1 atom stereocenters. The van der Waals surface area contributed by atoms with Crippen LogP contribution in [0.3, 0.4) is 0 Å². The fraction of sp³-hybridized carbons (Fsp3) is 0.158. The number of para-hydroxylation sites is 1. The number of carbonyl (C=O) groups excluding carboxylic acids is 1. The van der Waals surface area contributed by atoms with E-state index in [2.05, 4.69) is 10.4 Å². The van der Waals surface area contributed by atoms with E-state index in [9.17, 15) is 9.18 Å². The fourth-order valence-electron chi connectivity index (χ4n) is 3.10. The number of amides is 1. The van der Waals surface area contributed by atoms with Crippen molar-refractivity contribution in [2.24, 2.45) is 0 Å². The van der Waals surface area contributed by atoms with Crippen molar-refractivity contribution in [2.45, 2.75) is 12.7 Å². The zero-order chi connectivity index (χ0) is 17.4. The van der Waals surface area contributed by atoms with Crippen molar-refractivity contribution < 1.29 is 9.18 Å². The first-order valence-corrected chi connectivity index (χ1v) is 8.01. The van der Waals surface area contributed by atoms with E-state index in [0.29, 0.717) is 12.1 Å². The molecule has 6 heteroatoms. The van der Waals surface area contributed by atoms with E-state index >= 15 is 0 Å². The first kappa shape index (κ1) is 15.4. The van der Waals surface area contributed by atoms with E-state index in [1.165, 1.54) is 12.1 Å². The molecule has 0 bridgehead atoms. The molecular formula is C19H17FN4O. The van der Waals surface area contributed by atoms with Crippen LogP contribution in [0.2, 0.25) is 0 Å². The molecule has 0 saturated carbocycles. The van der Waals surface area contributed by atoms with Crippen LogP contribution in [-0.2, 0) is 6.54 Å². The molecule has 1 N–H and O–H groups in total. The Kier molecular flexibility index (Phi) is 3.72. The summed E-state index contributed by atoms with van der Waals surface area (Å²) in [7, 11) is 1.94. The molecule has 2 aromatic carbocycles. The standard InChI is InChI=1S/C19H17FN4O/c1-23-17-5-3-2-4-16(17)19(25)22-18(23)14-10-21-24(12-14)11-13-6-8-15(20)9-7-13/h2-10,12,18H,11H2,1H3,(H,22,25). The van der Waals surface area contributed by atoms with Crippen LogP contribution in [0, 0.1) is 5.82 Å². The maximum absolute atomic E-state index is 13.0. The molecule has 3 aromatic rings. The number of benzene rings is 2. The maximum Gasteiger partial charge on any atom is 0.255 e. The number of carbonyl (C=O) groups is 1. The number of hydrogen-bond donors (Lipinski definition) is 1. The van der Waals surface area contributed by atoms with Crippen molar-refractivity contribution >= 4 is 11.6 Å². The van der Waals surface area contributed by atoms with Crippen LogP contribution < -0.4 is 10.2 Å². The largest absolute Gasteiger partial charge is 0.350 e. The molecule has 2 heterocycles. The zero-order valence-electron chi connectivity index (χ0n) is 13.7. The smallest absolute Gasteiger partial charge is 0.255 e. The van der Waals surface area contributed by atoms with Crippen molar-refractivity contribution in [2.75, 3.05) is 11.9 Å². The number of rotatable bonds is 3. The number of anilines is 1.